The predicted molar refractivity (Wildman–Crippen MR) is 66.4 cm³/mol. The fourth-order valence-electron chi connectivity index (χ4n) is 1.77. The van der Waals surface area contributed by atoms with E-state index >= 15 is 0 Å². The lowest BCUT2D eigenvalue weighted by Gasteiger charge is -2.29. The molecule has 1 aliphatic rings. The van der Waals surface area contributed by atoms with Gasteiger partial charge in [-0.1, -0.05) is 37.3 Å². The Morgan fingerprint density at radius 3 is 2.64 bits per heavy atom. The molecule has 78 valence electrons. The van der Waals surface area contributed by atoms with Gasteiger partial charge in [0.25, 0.3) is 0 Å². The van der Waals surface area contributed by atoms with Gasteiger partial charge in [-0.2, -0.15) is 11.8 Å². The van der Waals surface area contributed by atoms with Gasteiger partial charge in [-0.15, -0.1) is 12.4 Å². The second kappa shape index (κ2) is 5.64. The molecule has 1 aliphatic heterocycles. The Balaban J connectivity index is 0.000000980. The number of rotatable bonds is 1. The van der Waals surface area contributed by atoms with Crippen molar-refractivity contribution in [2.45, 2.75) is 18.2 Å². The molecule has 0 aliphatic carbocycles. The summed E-state index contributed by atoms with van der Waals surface area (Å²) in [7, 11) is 0. The van der Waals surface area contributed by atoms with Crippen molar-refractivity contribution >= 4 is 24.2 Å². The summed E-state index contributed by atoms with van der Waals surface area (Å²) in [5.74, 6) is 1.24. The summed E-state index contributed by atoms with van der Waals surface area (Å²) in [6.07, 6.45) is 0. The van der Waals surface area contributed by atoms with Crippen molar-refractivity contribution in [2.24, 2.45) is 0 Å². The van der Waals surface area contributed by atoms with Crippen LogP contribution in [0.25, 0.3) is 0 Å². The van der Waals surface area contributed by atoms with E-state index in [-0.39, 0.29) is 12.4 Å². The van der Waals surface area contributed by atoms with Crippen LogP contribution in [0.1, 0.15) is 18.5 Å². The molecule has 0 bridgehead atoms. The SMILES string of the molecule is CC1SCCNC1c1ccccc1.Cl. The first-order valence-corrected chi connectivity index (χ1v) is 5.83. The second-order valence-corrected chi connectivity index (χ2v) is 4.90. The van der Waals surface area contributed by atoms with E-state index in [2.05, 4.69) is 54.3 Å². The highest BCUT2D eigenvalue weighted by Gasteiger charge is 2.21. The first-order chi connectivity index (χ1) is 6.38. The number of halogens is 1. The summed E-state index contributed by atoms with van der Waals surface area (Å²) < 4.78 is 0. The third-order valence-electron chi connectivity index (χ3n) is 2.48. The smallest absolute Gasteiger partial charge is 0.0438 e. The minimum Gasteiger partial charge on any atom is -0.308 e. The summed E-state index contributed by atoms with van der Waals surface area (Å²) in [5.41, 5.74) is 1.42. The van der Waals surface area contributed by atoms with Crippen LogP contribution >= 0.6 is 24.2 Å². The van der Waals surface area contributed by atoms with E-state index < -0.39 is 0 Å². The van der Waals surface area contributed by atoms with Crippen molar-refractivity contribution in [2.75, 3.05) is 12.3 Å². The molecule has 1 fully saturated rings. The molecule has 2 atom stereocenters. The molecule has 2 unspecified atom stereocenters. The van der Waals surface area contributed by atoms with Gasteiger partial charge >= 0.3 is 0 Å². The summed E-state index contributed by atoms with van der Waals surface area (Å²) in [4.78, 5) is 0. The van der Waals surface area contributed by atoms with Crippen LogP contribution in [0.2, 0.25) is 0 Å². The van der Waals surface area contributed by atoms with E-state index in [1.54, 1.807) is 0 Å². The molecule has 1 saturated heterocycles. The highest BCUT2D eigenvalue weighted by Crippen LogP contribution is 2.28. The number of nitrogens with one attached hydrogen (secondary N) is 1. The highest BCUT2D eigenvalue weighted by molar-refractivity contribution is 8.00. The van der Waals surface area contributed by atoms with Gasteiger partial charge in [0.15, 0.2) is 0 Å². The van der Waals surface area contributed by atoms with Gasteiger partial charge in [0.05, 0.1) is 0 Å². The molecule has 1 aromatic rings. The molecular weight excluding hydrogens is 214 g/mol. The van der Waals surface area contributed by atoms with Crippen molar-refractivity contribution in [1.82, 2.24) is 5.32 Å². The van der Waals surface area contributed by atoms with Crippen LogP contribution in [0.4, 0.5) is 0 Å². The maximum atomic E-state index is 3.56. The third-order valence-corrected chi connectivity index (χ3v) is 3.71. The summed E-state index contributed by atoms with van der Waals surface area (Å²) in [5, 5.41) is 4.26. The Kier molecular flexibility index (Phi) is 4.79. The zero-order valence-corrected chi connectivity index (χ0v) is 9.91. The zero-order valence-electron chi connectivity index (χ0n) is 8.27. The van der Waals surface area contributed by atoms with Gasteiger partial charge in [0.1, 0.15) is 0 Å². The Labute approximate surface area is 96.1 Å². The van der Waals surface area contributed by atoms with E-state index in [4.69, 9.17) is 0 Å². The Hall–Kier alpha value is -0.180. The van der Waals surface area contributed by atoms with Gasteiger partial charge in [-0.3, -0.25) is 0 Å². The number of thioether (sulfide) groups is 1. The van der Waals surface area contributed by atoms with Crippen molar-refractivity contribution in [1.29, 1.82) is 0 Å². The van der Waals surface area contributed by atoms with Crippen molar-refractivity contribution in [3.8, 4) is 0 Å². The lowest BCUT2D eigenvalue weighted by molar-refractivity contribution is 0.535. The van der Waals surface area contributed by atoms with Crippen LogP contribution in [0, 0.1) is 0 Å². The molecule has 0 aromatic heterocycles. The molecule has 14 heavy (non-hydrogen) atoms. The summed E-state index contributed by atoms with van der Waals surface area (Å²) in [6, 6.07) is 11.3. The zero-order chi connectivity index (χ0) is 9.10. The average Bonchev–Trinajstić information content (AvgIpc) is 2.20. The van der Waals surface area contributed by atoms with E-state index in [1.165, 1.54) is 11.3 Å². The van der Waals surface area contributed by atoms with E-state index in [9.17, 15) is 0 Å². The van der Waals surface area contributed by atoms with E-state index in [0.717, 1.165) is 6.54 Å². The predicted octanol–water partition coefficient (Wildman–Crippen LogP) is 2.87. The monoisotopic (exact) mass is 229 g/mol. The fraction of sp³-hybridized carbons (Fsp3) is 0.455. The minimum absolute atomic E-state index is 0. The average molecular weight is 230 g/mol. The quantitative estimate of drug-likeness (QED) is 0.795. The van der Waals surface area contributed by atoms with Crippen LogP contribution in [0.3, 0.4) is 0 Å². The van der Waals surface area contributed by atoms with Crippen LogP contribution in [-0.2, 0) is 0 Å². The minimum atomic E-state index is 0. The Morgan fingerprint density at radius 1 is 1.29 bits per heavy atom. The molecule has 1 nitrogen and oxygen atoms in total. The molecule has 0 amide bonds. The second-order valence-electron chi connectivity index (χ2n) is 3.42. The van der Waals surface area contributed by atoms with Crippen LogP contribution in [0.5, 0.6) is 0 Å². The molecular formula is C11H16ClNS. The topological polar surface area (TPSA) is 12.0 Å². The molecule has 3 heteroatoms. The van der Waals surface area contributed by atoms with Gasteiger partial charge in [-0.25, -0.2) is 0 Å². The molecule has 0 radical (unpaired) electrons. The molecule has 0 spiro atoms. The highest BCUT2D eigenvalue weighted by atomic mass is 35.5. The first-order valence-electron chi connectivity index (χ1n) is 4.78. The van der Waals surface area contributed by atoms with Crippen molar-refractivity contribution in [3.63, 3.8) is 0 Å². The van der Waals surface area contributed by atoms with Crippen LogP contribution in [0.15, 0.2) is 30.3 Å². The molecule has 1 N–H and O–H groups in total. The number of hydrogen-bond acceptors (Lipinski definition) is 2. The van der Waals surface area contributed by atoms with Gasteiger partial charge in [0.2, 0.25) is 0 Å². The van der Waals surface area contributed by atoms with Crippen molar-refractivity contribution in [3.05, 3.63) is 35.9 Å². The van der Waals surface area contributed by atoms with Crippen LogP contribution < -0.4 is 5.32 Å². The standard InChI is InChI=1S/C11H15NS.ClH/c1-9-11(12-7-8-13-9)10-5-3-2-4-6-10;/h2-6,9,11-12H,7-8H2,1H3;1H. The normalized spacial score (nSPS) is 26.6. The van der Waals surface area contributed by atoms with Crippen molar-refractivity contribution < 1.29 is 0 Å². The maximum Gasteiger partial charge on any atom is 0.0438 e. The van der Waals surface area contributed by atoms with E-state index in [1.807, 2.05) is 0 Å². The molecule has 2 rings (SSSR count). The van der Waals surface area contributed by atoms with Gasteiger partial charge in [-0.05, 0) is 5.56 Å². The summed E-state index contributed by atoms with van der Waals surface area (Å²) in [6.45, 7) is 3.43. The number of benzene rings is 1. The lowest BCUT2D eigenvalue weighted by Crippen LogP contribution is -2.35. The van der Waals surface area contributed by atoms with Crippen LogP contribution in [-0.4, -0.2) is 17.5 Å². The molecule has 1 aromatic carbocycles. The molecule has 1 heterocycles. The Morgan fingerprint density at radius 2 is 2.00 bits per heavy atom. The fourth-order valence-corrected chi connectivity index (χ4v) is 2.82. The molecule has 0 saturated carbocycles. The van der Waals surface area contributed by atoms with Gasteiger partial charge in [0, 0.05) is 23.6 Å². The van der Waals surface area contributed by atoms with E-state index in [0.29, 0.717) is 11.3 Å². The maximum absolute atomic E-state index is 3.56. The summed E-state index contributed by atoms with van der Waals surface area (Å²) >= 11 is 2.06. The van der Waals surface area contributed by atoms with Gasteiger partial charge < -0.3 is 5.32 Å². The third kappa shape index (κ3) is 2.66. The largest absolute Gasteiger partial charge is 0.308 e. The Bertz CT molecular complexity index is 265. The first kappa shape index (κ1) is 11.9. The lowest BCUT2D eigenvalue weighted by atomic mass is 10.0. The number of hydrogen-bond donors (Lipinski definition) is 1.